The number of hydrogen-bond donors (Lipinski definition) is 1. The molecule has 0 heterocycles. The smallest absolute Gasteiger partial charge is 0.346 e. The average molecular weight is 228 g/mol. The second kappa shape index (κ2) is 4.53. The number of Topliss-reactive ketones (excluding diaryl/α,β-unsaturated/α-hetero) is 1. The first-order valence-corrected chi connectivity index (χ1v) is 5.75. The zero-order valence-corrected chi connectivity index (χ0v) is 10.2. The van der Waals surface area contributed by atoms with E-state index in [0.717, 1.165) is 12.8 Å². The van der Waals surface area contributed by atoms with Crippen molar-refractivity contribution in [1.29, 1.82) is 0 Å². The van der Waals surface area contributed by atoms with Crippen LogP contribution in [0.25, 0.3) is 0 Å². The van der Waals surface area contributed by atoms with Crippen molar-refractivity contribution >= 4 is 11.8 Å². The Morgan fingerprint density at radius 3 is 2.50 bits per heavy atom. The Labute approximate surface area is 96.0 Å². The molecule has 0 aromatic rings. The zero-order chi connectivity index (χ0) is 12.4. The molecule has 1 saturated carbocycles. The molecule has 0 aromatic carbocycles. The van der Waals surface area contributed by atoms with E-state index in [-0.39, 0.29) is 12.8 Å². The number of ether oxygens (including phenoxy) is 1. The molecule has 0 unspecified atom stereocenters. The van der Waals surface area contributed by atoms with Gasteiger partial charge in [-0.25, -0.2) is 4.79 Å². The molecule has 0 radical (unpaired) electrons. The van der Waals surface area contributed by atoms with E-state index in [1.54, 1.807) is 20.8 Å². The van der Waals surface area contributed by atoms with Crippen LogP contribution >= 0.6 is 0 Å². The van der Waals surface area contributed by atoms with Gasteiger partial charge in [0.05, 0.1) is 0 Å². The summed E-state index contributed by atoms with van der Waals surface area (Å²) in [5.74, 6) is -1.20. The topological polar surface area (TPSA) is 63.6 Å². The second-order valence-corrected chi connectivity index (χ2v) is 5.35. The lowest BCUT2D eigenvalue weighted by molar-refractivity contribution is -0.180. The molecule has 1 N–H and O–H groups in total. The van der Waals surface area contributed by atoms with E-state index in [4.69, 9.17) is 4.74 Å². The van der Waals surface area contributed by atoms with Crippen molar-refractivity contribution < 1.29 is 19.4 Å². The Hall–Kier alpha value is -0.900. The third kappa shape index (κ3) is 3.04. The van der Waals surface area contributed by atoms with Crippen LogP contribution in [0, 0.1) is 0 Å². The molecule has 0 aromatic heterocycles. The minimum atomic E-state index is -1.91. The van der Waals surface area contributed by atoms with E-state index in [0.29, 0.717) is 6.42 Å². The summed E-state index contributed by atoms with van der Waals surface area (Å²) in [6, 6.07) is 0. The summed E-state index contributed by atoms with van der Waals surface area (Å²) in [4.78, 5) is 23.5. The fourth-order valence-corrected chi connectivity index (χ4v) is 1.77. The monoisotopic (exact) mass is 228 g/mol. The van der Waals surface area contributed by atoms with Crippen LogP contribution in [-0.2, 0) is 14.3 Å². The number of ketones is 1. The van der Waals surface area contributed by atoms with Gasteiger partial charge in [0.15, 0.2) is 5.78 Å². The van der Waals surface area contributed by atoms with Crippen molar-refractivity contribution in [3.05, 3.63) is 0 Å². The molecular formula is C12H20O4. The largest absolute Gasteiger partial charge is 0.457 e. The number of rotatable bonds is 1. The van der Waals surface area contributed by atoms with E-state index in [9.17, 15) is 14.7 Å². The molecule has 4 nitrogen and oxygen atoms in total. The van der Waals surface area contributed by atoms with Crippen LogP contribution < -0.4 is 0 Å². The Bertz CT molecular complexity index is 290. The maximum atomic E-state index is 11.8. The lowest BCUT2D eigenvalue weighted by atomic mass is 9.93. The minimum Gasteiger partial charge on any atom is -0.457 e. The van der Waals surface area contributed by atoms with Gasteiger partial charge in [-0.1, -0.05) is 6.42 Å². The molecule has 16 heavy (non-hydrogen) atoms. The van der Waals surface area contributed by atoms with Crippen molar-refractivity contribution in [2.75, 3.05) is 0 Å². The van der Waals surface area contributed by atoms with E-state index in [1.807, 2.05) is 0 Å². The first kappa shape index (κ1) is 13.2. The second-order valence-electron chi connectivity index (χ2n) is 5.35. The summed E-state index contributed by atoms with van der Waals surface area (Å²) in [6.07, 6.45) is 2.73. The predicted octanol–water partition coefficient (Wildman–Crippen LogP) is 1.59. The van der Waals surface area contributed by atoms with Gasteiger partial charge in [0.1, 0.15) is 5.60 Å². The normalized spacial score (nSPS) is 27.4. The summed E-state index contributed by atoms with van der Waals surface area (Å²) < 4.78 is 5.10. The van der Waals surface area contributed by atoms with Gasteiger partial charge in [0.25, 0.3) is 0 Å². The zero-order valence-electron chi connectivity index (χ0n) is 10.2. The van der Waals surface area contributed by atoms with E-state index in [2.05, 4.69) is 0 Å². The highest BCUT2D eigenvalue weighted by molar-refractivity contribution is 6.07. The minimum absolute atomic E-state index is 0.181. The third-order valence-electron chi connectivity index (χ3n) is 2.64. The van der Waals surface area contributed by atoms with Gasteiger partial charge in [0, 0.05) is 6.42 Å². The summed E-state index contributed by atoms with van der Waals surface area (Å²) in [5.41, 5.74) is -2.59. The number of carbonyl (C=O) groups is 2. The van der Waals surface area contributed by atoms with Crippen molar-refractivity contribution in [2.45, 2.75) is 64.1 Å². The molecule has 1 fully saturated rings. The SMILES string of the molecule is CC(C)(C)OC(=O)[C@@]1(O)CCCCCC1=O. The number of carbonyl (C=O) groups excluding carboxylic acids is 2. The quantitative estimate of drug-likeness (QED) is 0.420. The molecular weight excluding hydrogens is 208 g/mol. The maximum absolute atomic E-state index is 11.8. The van der Waals surface area contributed by atoms with Crippen LogP contribution in [0.1, 0.15) is 52.9 Å². The van der Waals surface area contributed by atoms with Gasteiger partial charge in [0.2, 0.25) is 5.60 Å². The fourth-order valence-electron chi connectivity index (χ4n) is 1.77. The first-order valence-electron chi connectivity index (χ1n) is 5.75. The Morgan fingerprint density at radius 1 is 1.31 bits per heavy atom. The van der Waals surface area contributed by atoms with Gasteiger partial charge in [-0.2, -0.15) is 0 Å². The van der Waals surface area contributed by atoms with Crippen molar-refractivity contribution in [1.82, 2.24) is 0 Å². The Morgan fingerprint density at radius 2 is 1.94 bits per heavy atom. The van der Waals surface area contributed by atoms with Gasteiger partial charge in [-0.15, -0.1) is 0 Å². The number of esters is 1. The van der Waals surface area contributed by atoms with Gasteiger partial charge < -0.3 is 9.84 Å². The molecule has 0 bridgehead atoms. The molecule has 1 aliphatic rings. The number of hydrogen-bond acceptors (Lipinski definition) is 4. The molecule has 4 heteroatoms. The molecule has 1 aliphatic carbocycles. The van der Waals surface area contributed by atoms with Crippen LogP contribution in [0.5, 0.6) is 0 Å². The maximum Gasteiger partial charge on any atom is 0.346 e. The predicted molar refractivity (Wildman–Crippen MR) is 58.9 cm³/mol. The van der Waals surface area contributed by atoms with Crippen LogP contribution in [0.3, 0.4) is 0 Å². The standard InChI is InChI=1S/C12H20O4/c1-11(2,3)16-10(14)12(15)8-6-4-5-7-9(12)13/h15H,4-8H2,1-3H3/t12-/m1/s1. The molecule has 0 saturated heterocycles. The number of aliphatic hydroxyl groups is 1. The third-order valence-corrected chi connectivity index (χ3v) is 2.64. The van der Waals surface area contributed by atoms with Crippen molar-refractivity contribution in [3.63, 3.8) is 0 Å². The summed E-state index contributed by atoms with van der Waals surface area (Å²) >= 11 is 0. The lowest BCUT2D eigenvalue weighted by Gasteiger charge is -2.28. The van der Waals surface area contributed by atoms with E-state index >= 15 is 0 Å². The Balaban J connectivity index is 2.81. The van der Waals surface area contributed by atoms with Crippen molar-refractivity contribution in [2.24, 2.45) is 0 Å². The van der Waals surface area contributed by atoms with Gasteiger partial charge in [-0.3, -0.25) is 4.79 Å². The van der Waals surface area contributed by atoms with E-state index < -0.39 is 23.0 Å². The van der Waals surface area contributed by atoms with E-state index in [1.165, 1.54) is 0 Å². The molecule has 0 amide bonds. The highest BCUT2D eigenvalue weighted by Crippen LogP contribution is 2.27. The van der Waals surface area contributed by atoms with Crippen LogP contribution in [0.2, 0.25) is 0 Å². The highest BCUT2D eigenvalue weighted by atomic mass is 16.6. The molecule has 92 valence electrons. The summed E-state index contributed by atoms with van der Waals surface area (Å²) in [5, 5.41) is 10.1. The first-order chi connectivity index (χ1) is 7.26. The molecule has 0 aliphatic heterocycles. The lowest BCUT2D eigenvalue weighted by Crippen LogP contribution is -2.49. The average Bonchev–Trinajstić information content (AvgIpc) is 2.28. The van der Waals surface area contributed by atoms with Crippen LogP contribution in [0.15, 0.2) is 0 Å². The van der Waals surface area contributed by atoms with Crippen LogP contribution in [0.4, 0.5) is 0 Å². The van der Waals surface area contributed by atoms with Crippen LogP contribution in [-0.4, -0.2) is 28.1 Å². The van der Waals surface area contributed by atoms with Crippen molar-refractivity contribution in [3.8, 4) is 0 Å². The van der Waals surface area contributed by atoms with Gasteiger partial charge in [-0.05, 0) is 40.0 Å². The Kier molecular flexibility index (Phi) is 3.73. The fraction of sp³-hybridized carbons (Fsp3) is 0.833. The molecule has 0 spiro atoms. The summed E-state index contributed by atoms with van der Waals surface area (Å²) in [6.45, 7) is 5.15. The highest BCUT2D eigenvalue weighted by Gasteiger charge is 2.46. The molecule has 1 rings (SSSR count). The summed E-state index contributed by atoms with van der Waals surface area (Å²) in [7, 11) is 0. The molecule has 1 atom stereocenters. The van der Waals surface area contributed by atoms with Gasteiger partial charge >= 0.3 is 5.97 Å².